The molecule has 0 aliphatic carbocycles. The fourth-order valence-electron chi connectivity index (χ4n) is 4.47. The third-order valence-electron chi connectivity index (χ3n) is 6.45. The number of hydrogen-bond donors (Lipinski definition) is 4. The average molecular weight is 551 g/mol. The third-order valence-corrected chi connectivity index (χ3v) is 8.80. The van der Waals surface area contributed by atoms with Crippen LogP contribution in [-0.4, -0.2) is 55.4 Å². The third kappa shape index (κ3) is 5.83. The molecular formula is C27H31N6O3PS. The van der Waals surface area contributed by atoms with Crippen molar-refractivity contribution in [2.24, 2.45) is 0 Å². The van der Waals surface area contributed by atoms with E-state index in [4.69, 9.17) is 9.72 Å². The molecule has 1 amide bonds. The second kappa shape index (κ2) is 11.1. The highest BCUT2D eigenvalue weighted by molar-refractivity contribution is 7.70. The minimum absolute atomic E-state index is 0.118. The van der Waals surface area contributed by atoms with Crippen molar-refractivity contribution in [3.8, 4) is 5.75 Å². The van der Waals surface area contributed by atoms with E-state index in [1.54, 1.807) is 38.6 Å². The average Bonchev–Trinajstić information content (AvgIpc) is 3.38. The van der Waals surface area contributed by atoms with E-state index < -0.39 is 7.14 Å². The number of benzene rings is 2. The van der Waals surface area contributed by atoms with Crippen LogP contribution in [0.1, 0.15) is 23.2 Å². The van der Waals surface area contributed by atoms with Crippen molar-refractivity contribution in [2.45, 2.75) is 18.9 Å². The van der Waals surface area contributed by atoms with Crippen molar-refractivity contribution in [1.29, 1.82) is 0 Å². The van der Waals surface area contributed by atoms with Gasteiger partial charge in [-0.05, 0) is 81.0 Å². The minimum atomic E-state index is -2.51. The fourth-order valence-corrected chi connectivity index (χ4v) is 6.39. The Bertz CT molecular complexity index is 1510. The van der Waals surface area contributed by atoms with Crippen molar-refractivity contribution in [3.05, 3.63) is 59.5 Å². The number of carbonyl (C=O) groups excluding carboxylic acids is 1. The second-order valence-electron chi connectivity index (χ2n) is 9.57. The Hall–Kier alpha value is -3.46. The summed E-state index contributed by atoms with van der Waals surface area (Å²) in [6.45, 7) is 5.32. The maximum atomic E-state index is 12.9. The summed E-state index contributed by atoms with van der Waals surface area (Å²) in [7, 11) is -0.946. The number of nitrogens with one attached hydrogen (secondary N) is 4. The Balaban J connectivity index is 1.41. The van der Waals surface area contributed by atoms with Crippen LogP contribution in [-0.2, 0) is 4.57 Å². The zero-order valence-corrected chi connectivity index (χ0v) is 23.3. The number of nitrogens with zero attached hydrogens (tertiary/aromatic N) is 2. The van der Waals surface area contributed by atoms with Crippen LogP contribution in [0.2, 0.25) is 0 Å². The van der Waals surface area contributed by atoms with Crippen LogP contribution >= 0.6 is 18.5 Å². The Morgan fingerprint density at radius 3 is 2.61 bits per heavy atom. The number of amides is 1. The molecule has 0 unspecified atom stereocenters. The van der Waals surface area contributed by atoms with E-state index in [2.05, 4.69) is 26.3 Å². The summed E-state index contributed by atoms with van der Waals surface area (Å²) in [6, 6.07) is 15.0. The first-order valence-electron chi connectivity index (χ1n) is 12.5. The number of thiophene rings is 1. The van der Waals surface area contributed by atoms with Crippen molar-refractivity contribution >= 4 is 63.0 Å². The maximum absolute atomic E-state index is 12.9. The quantitative estimate of drug-likeness (QED) is 0.229. The number of hydrogen-bond acceptors (Lipinski definition) is 9. The highest BCUT2D eigenvalue weighted by atomic mass is 32.1. The molecule has 3 heterocycles. The van der Waals surface area contributed by atoms with Crippen LogP contribution in [0.15, 0.2) is 53.9 Å². The summed E-state index contributed by atoms with van der Waals surface area (Å²) in [4.78, 5) is 23.0. The highest BCUT2D eigenvalue weighted by Crippen LogP contribution is 2.39. The Morgan fingerprint density at radius 1 is 1.05 bits per heavy atom. The molecule has 1 aliphatic rings. The predicted octanol–water partition coefficient (Wildman–Crippen LogP) is 4.92. The van der Waals surface area contributed by atoms with Gasteiger partial charge in [0.2, 0.25) is 5.95 Å². The first kappa shape index (κ1) is 26.2. The summed E-state index contributed by atoms with van der Waals surface area (Å²) in [5, 5.41) is 16.6. The molecule has 198 valence electrons. The van der Waals surface area contributed by atoms with Gasteiger partial charge in [-0.3, -0.25) is 4.79 Å². The molecule has 0 atom stereocenters. The van der Waals surface area contributed by atoms with E-state index >= 15 is 0 Å². The zero-order valence-electron chi connectivity index (χ0n) is 21.6. The van der Waals surface area contributed by atoms with E-state index in [-0.39, 0.29) is 11.9 Å². The summed E-state index contributed by atoms with van der Waals surface area (Å²) in [5.74, 6) is 1.38. The van der Waals surface area contributed by atoms with Gasteiger partial charge in [-0.25, -0.2) is 4.98 Å². The van der Waals surface area contributed by atoms with Gasteiger partial charge in [-0.2, -0.15) is 4.98 Å². The predicted molar refractivity (Wildman–Crippen MR) is 156 cm³/mol. The van der Waals surface area contributed by atoms with Crippen LogP contribution < -0.4 is 31.3 Å². The fraction of sp³-hybridized carbons (Fsp3) is 0.296. The molecule has 2 aromatic heterocycles. The number of methoxy groups -OCH3 is 1. The van der Waals surface area contributed by atoms with Crippen LogP contribution in [0.3, 0.4) is 0 Å². The van der Waals surface area contributed by atoms with Gasteiger partial charge in [-0.1, -0.05) is 12.1 Å². The molecule has 38 heavy (non-hydrogen) atoms. The van der Waals surface area contributed by atoms with Crippen LogP contribution in [0, 0.1) is 0 Å². The second-order valence-corrected chi connectivity index (χ2v) is 13.6. The lowest BCUT2D eigenvalue weighted by Gasteiger charge is -2.23. The molecule has 0 saturated carbocycles. The minimum Gasteiger partial charge on any atom is -0.495 e. The molecule has 2 aromatic carbocycles. The van der Waals surface area contributed by atoms with Crippen LogP contribution in [0.25, 0.3) is 10.2 Å². The van der Waals surface area contributed by atoms with Crippen molar-refractivity contribution in [3.63, 3.8) is 0 Å². The standard InChI is InChI=1S/C27H31N6O3PS/c1-36-22-16-17(25(34)29-18-10-13-28-14-11-18)8-9-20(22)31-27-32-24(19-12-15-38-26(19)33-27)30-21-6-4-5-7-23(21)37(2,3)35/h4-9,12,15-16,18,28H,10-11,13-14H2,1-3H3,(H,29,34)(H2,30,31,32,33). The summed E-state index contributed by atoms with van der Waals surface area (Å²) >= 11 is 1.50. The summed E-state index contributed by atoms with van der Waals surface area (Å²) in [5.41, 5.74) is 1.92. The van der Waals surface area contributed by atoms with E-state index in [0.29, 0.717) is 28.8 Å². The van der Waals surface area contributed by atoms with Crippen molar-refractivity contribution in [1.82, 2.24) is 20.6 Å². The number of aromatic nitrogens is 2. The monoisotopic (exact) mass is 550 g/mol. The molecule has 0 spiro atoms. The lowest BCUT2D eigenvalue weighted by atomic mass is 10.1. The largest absolute Gasteiger partial charge is 0.495 e. The van der Waals surface area contributed by atoms with Gasteiger partial charge in [0.15, 0.2) is 0 Å². The number of fused-ring (bicyclic) bond motifs is 1. The van der Waals surface area contributed by atoms with Crippen LogP contribution in [0.4, 0.5) is 23.1 Å². The van der Waals surface area contributed by atoms with Gasteiger partial charge in [0, 0.05) is 16.9 Å². The molecule has 1 fully saturated rings. The van der Waals surface area contributed by atoms with Crippen molar-refractivity contribution in [2.75, 3.05) is 44.2 Å². The number of ether oxygens (including phenoxy) is 1. The van der Waals surface area contributed by atoms with Gasteiger partial charge < -0.3 is 30.6 Å². The number of para-hydroxylation sites is 1. The number of anilines is 4. The van der Waals surface area contributed by atoms with Gasteiger partial charge in [0.05, 0.1) is 23.9 Å². The van der Waals surface area contributed by atoms with E-state index in [0.717, 1.165) is 47.1 Å². The maximum Gasteiger partial charge on any atom is 0.251 e. The molecule has 5 rings (SSSR count). The van der Waals surface area contributed by atoms with Crippen molar-refractivity contribution < 1.29 is 14.1 Å². The first-order valence-corrected chi connectivity index (χ1v) is 15.9. The first-order chi connectivity index (χ1) is 18.3. The van der Waals surface area contributed by atoms with Gasteiger partial charge in [0.1, 0.15) is 23.5 Å². The normalized spacial score (nSPS) is 14.3. The Labute approximate surface area is 225 Å². The molecule has 11 heteroatoms. The molecule has 4 N–H and O–H groups in total. The lowest BCUT2D eigenvalue weighted by Crippen LogP contribution is -2.42. The van der Waals surface area contributed by atoms with Gasteiger partial charge in [-0.15, -0.1) is 11.3 Å². The van der Waals surface area contributed by atoms with E-state index in [9.17, 15) is 9.36 Å². The summed E-state index contributed by atoms with van der Waals surface area (Å²) in [6.07, 6.45) is 1.83. The molecule has 1 saturated heterocycles. The number of carbonyl (C=O) groups is 1. The summed E-state index contributed by atoms with van der Waals surface area (Å²) < 4.78 is 18.5. The molecule has 4 aromatic rings. The lowest BCUT2D eigenvalue weighted by molar-refractivity contribution is 0.0929. The highest BCUT2D eigenvalue weighted by Gasteiger charge is 2.20. The van der Waals surface area contributed by atoms with Gasteiger partial charge in [0.25, 0.3) is 5.91 Å². The molecule has 9 nitrogen and oxygen atoms in total. The topological polar surface area (TPSA) is 117 Å². The Morgan fingerprint density at radius 2 is 1.84 bits per heavy atom. The zero-order chi connectivity index (χ0) is 26.7. The molecule has 1 aliphatic heterocycles. The smallest absolute Gasteiger partial charge is 0.251 e. The van der Waals surface area contributed by atoms with E-state index in [1.807, 2.05) is 35.7 Å². The van der Waals surface area contributed by atoms with Crippen LogP contribution in [0.5, 0.6) is 5.75 Å². The molecular weight excluding hydrogens is 519 g/mol. The van der Waals surface area contributed by atoms with Gasteiger partial charge >= 0.3 is 0 Å². The molecule has 0 radical (unpaired) electrons. The SMILES string of the molecule is COc1cc(C(=O)NC2CCNCC2)ccc1Nc1nc(Nc2ccccc2P(C)(C)=O)c2ccsc2n1. The van der Waals surface area contributed by atoms with E-state index in [1.165, 1.54) is 11.3 Å². The number of piperidine rings is 1. The molecule has 0 bridgehead atoms. The Kier molecular flexibility index (Phi) is 7.65. The number of rotatable bonds is 8.